The minimum atomic E-state index is -0.710. The fourth-order valence-corrected chi connectivity index (χ4v) is 4.18. The van der Waals surface area contributed by atoms with Crippen LogP contribution in [0.4, 0.5) is 0 Å². The van der Waals surface area contributed by atoms with Crippen molar-refractivity contribution in [3.63, 3.8) is 0 Å². The lowest BCUT2D eigenvalue weighted by Crippen LogP contribution is -2.51. The molecule has 0 spiro atoms. The Kier molecular flexibility index (Phi) is 10.9. The summed E-state index contributed by atoms with van der Waals surface area (Å²) >= 11 is 8.65. The quantitative estimate of drug-likeness (QED) is 0.208. The number of carbonyl (C=O) groups excluding carboxylic acids is 2. The van der Waals surface area contributed by atoms with E-state index in [1.807, 2.05) is 72.8 Å². The predicted molar refractivity (Wildman–Crippen MR) is 149 cm³/mol. The minimum Gasteiger partial charge on any atom is -0.484 e. The van der Waals surface area contributed by atoms with Crippen molar-refractivity contribution in [3.05, 3.63) is 98.6 Å². The smallest absolute Gasteiger partial charge is 0.261 e. The van der Waals surface area contributed by atoms with Crippen LogP contribution < -0.4 is 10.1 Å². The Morgan fingerprint density at radius 1 is 1.00 bits per heavy atom. The summed E-state index contributed by atoms with van der Waals surface area (Å²) in [5.74, 6) is 0.135. The average Bonchev–Trinajstić information content (AvgIpc) is 2.87. The summed E-state index contributed by atoms with van der Waals surface area (Å²) in [6, 6.07) is 23.9. The fourth-order valence-electron chi connectivity index (χ4n) is 3.63. The summed E-state index contributed by atoms with van der Waals surface area (Å²) in [4.78, 5) is 28.5. The van der Waals surface area contributed by atoms with E-state index in [1.165, 1.54) is 0 Å². The Labute approximate surface area is 226 Å². The van der Waals surface area contributed by atoms with Gasteiger partial charge in [0.2, 0.25) is 5.91 Å². The number of rotatable bonds is 12. The summed E-state index contributed by atoms with van der Waals surface area (Å²) in [5.41, 5.74) is 1.75. The molecule has 5 nitrogen and oxygen atoms in total. The highest BCUT2D eigenvalue weighted by Crippen LogP contribution is 2.21. The zero-order valence-electron chi connectivity index (χ0n) is 19.8. The van der Waals surface area contributed by atoms with E-state index in [0.717, 1.165) is 27.5 Å². The Hall–Kier alpha value is -2.58. The van der Waals surface area contributed by atoms with Crippen molar-refractivity contribution in [1.29, 1.82) is 0 Å². The van der Waals surface area contributed by atoms with Crippen LogP contribution in [0.3, 0.4) is 0 Å². The molecule has 2 amide bonds. The molecule has 3 aromatic rings. The predicted octanol–water partition coefficient (Wildman–Crippen LogP) is 5.88. The van der Waals surface area contributed by atoms with Crippen molar-refractivity contribution in [1.82, 2.24) is 10.2 Å². The highest BCUT2D eigenvalue weighted by molar-refractivity contribution is 14.1. The number of hydrogen-bond donors (Lipinski definition) is 1. The van der Waals surface area contributed by atoms with Crippen LogP contribution >= 0.6 is 34.2 Å². The van der Waals surface area contributed by atoms with Gasteiger partial charge in [0.05, 0.1) is 0 Å². The molecule has 3 rings (SSSR count). The molecule has 0 aliphatic carbocycles. The van der Waals surface area contributed by atoms with Crippen LogP contribution in [0.15, 0.2) is 78.9 Å². The van der Waals surface area contributed by atoms with Crippen LogP contribution in [-0.4, -0.2) is 35.9 Å². The van der Waals surface area contributed by atoms with Gasteiger partial charge in [0.15, 0.2) is 6.61 Å². The second-order valence-electron chi connectivity index (χ2n) is 8.21. The summed E-state index contributed by atoms with van der Waals surface area (Å²) in [7, 11) is 0. The molecule has 35 heavy (non-hydrogen) atoms. The first-order chi connectivity index (χ1) is 17.0. The van der Waals surface area contributed by atoms with Gasteiger partial charge < -0.3 is 15.0 Å². The lowest BCUT2D eigenvalue weighted by Gasteiger charge is -2.31. The Morgan fingerprint density at radius 3 is 2.37 bits per heavy atom. The first kappa shape index (κ1) is 27.0. The number of benzene rings is 3. The van der Waals surface area contributed by atoms with Crippen molar-refractivity contribution in [2.24, 2.45) is 0 Å². The first-order valence-corrected chi connectivity index (χ1v) is 13.2. The van der Waals surface area contributed by atoms with Gasteiger partial charge in [0.1, 0.15) is 11.8 Å². The van der Waals surface area contributed by atoms with Gasteiger partial charge in [-0.15, -0.1) is 0 Å². The number of carbonyl (C=O) groups is 2. The van der Waals surface area contributed by atoms with Crippen molar-refractivity contribution in [3.8, 4) is 5.75 Å². The third-order valence-electron chi connectivity index (χ3n) is 5.58. The molecule has 184 valence electrons. The maximum Gasteiger partial charge on any atom is 0.261 e. The number of nitrogens with zero attached hydrogens (tertiary/aromatic N) is 1. The van der Waals surface area contributed by atoms with Crippen LogP contribution in [0.2, 0.25) is 5.02 Å². The maximum absolute atomic E-state index is 13.5. The van der Waals surface area contributed by atoms with Gasteiger partial charge in [-0.05, 0) is 70.5 Å². The molecule has 7 heteroatoms. The molecule has 0 heterocycles. The highest BCUT2D eigenvalue weighted by Gasteiger charge is 2.31. The van der Waals surface area contributed by atoms with Gasteiger partial charge in [-0.25, -0.2) is 0 Å². The molecule has 0 radical (unpaired) electrons. The normalized spacial score (nSPS) is 11.5. The van der Waals surface area contributed by atoms with Crippen LogP contribution in [-0.2, 0) is 22.6 Å². The van der Waals surface area contributed by atoms with Crippen LogP contribution in [0.1, 0.15) is 30.9 Å². The molecular formula is C28H30ClIN2O3. The van der Waals surface area contributed by atoms with Gasteiger partial charge in [0, 0.05) is 28.1 Å². The van der Waals surface area contributed by atoms with Crippen LogP contribution in [0.5, 0.6) is 5.75 Å². The fraction of sp³-hybridized carbons (Fsp3) is 0.286. The molecule has 0 unspecified atom stereocenters. The standard InChI is InChI=1S/C28H30ClIN2O3/c1-2-3-17-31-28(34)26(18-21-9-5-4-6-10-21)32(19-22-11-7-8-12-25(22)29)27(33)20-35-24-15-13-23(30)14-16-24/h4-16,26H,2-3,17-20H2,1H3,(H,31,34)/t26-/m0/s1. The van der Waals surface area contributed by atoms with Gasteiger partial charge in [0.25, 0.3) is 5.91 Å². The third kappa shape index (κ3) is 8.54. The van der Waals surface area contributed by atoms with E-state index in [2.05, 4.69) is 34.8 Å². The van der Waals surface area contributed by atoms with Crippen molar-refractivity contribution in [2.45, 2.75) is 38.8 Å². The number of halogens is 2. The Morgan fingerprint density at radius 2 is 1.69 bits per heavy atom. The third-order valence-corrected chi connectivity index (χ3v) is 6.66. The molecule has 0 aromatic heterocycles. The molecule has 0 aliphatic heterocycles. The number of hydrogen-bond acceptors (Lipinski definition) is 3. The molecule has 1 atom stereocenters. The topological polar surface area (TPSA) is 58.6 Å². The molecule has 1 N–H and O–H groups in total. The van der Waals surface area contributed by atoms with Crippen LogP contribution in [0, 0.1) is 3.57 Å². The number of unbranched alkanes of at least 4 members (excludes halogenated alkanes) is 1. The molecule has 0 aliphatic rings. The lowest BCUT2D eigenvalue weighted by molar-refractivity contribution is -0.142. The SMILES string of the molecule is CCCCNC(=O)[C@H](Cc1ccccc1)N(Cc1ccccc1Cl)C(=O)COc1ccc(I)cc1. The van der Waals surface area contributed by atoms with Gasteiger partial charge in [-0.2, -0.15) is 0 Å². The lowest BCUT2D eigenvalue weighted by atomic mass is 10.0. The van der Waals surface area contributed by atoms with E-state index in [1.54, 1.807) is 11.0 Å². The van der Waals surface area contributed by atoms with Gasteiger partial charge >= 0.3 is 0 Å². The number of amides is 2. The molecular weight excluding hydrogens is 575 g/mol. The van der Waals surface area contributed by atoms with Gasteiger partial charge in [-0.3, -0.25) is 9.59 Å². The van der Waals surface area contributed by atoms with E-state index in [4.69, 9.17) is 16.3 Å². The monoisotopic (exact) mass is 604 g/mol. The van der Waals surface area contributed by atoms with E-state index < -0.39 is 6.04 Å². The van der Waals surface area contributed by atoms with Gasteiger partial charge in [-0.1, -0.05) is 73.5 Å². The number of ether oxygens (including phenoxy) is 1. The van der Waals surface area contributed by atoms with E-state index >= 15 is 0 Å². The van der Waals surface area contributed by atoms with Crippen molar-refractivity contribution >= 4 is 46.0 Å². The van der Waals surface area contributed by atoms with E-state index in [0.29, 0.717) is 23.7 Å². The van der Waals surface area contributed by atoms with Crippen LogP contribution in [0.25, 0.3) is 0 Å². The molecule has 0 fully saturated rings. The summed E-state index contributed by atoms with van der Waals surface area (Å²) in [6.45, 7) is 2.66. The van der Waals surface area contributed by atoms with E-state index in [-0.39, 0.29) is 25.0 Å². The summed E-state index contributed by atoms with van der Waals surface area (Å²) in [5, 5.41) is 3.56. The minimum absolute atomic E-state index is 0.182. The first-order valence-electron chi connectivity index (χ1n) is 11.7. The van der Waals surface area contributed by atoms with Crippen molar-refractivity contribution in [2.75, 3.05) is 13.2 Å². The zero-order valence-corrected chi connectivity index (χ0v) is 22.7. The van der Waals surface area contributed by atoms with Crippen molar-refractivity contribution < 1.29 is 14.3 Å². The summed E-state index contributed by atoms with van der Waals surface area (Å²) in [6.07, 6.45) is 2.23. The molecule has 0 saturated heterocycles. The molecule has 0 saturated carbocycles. The molecule has 3 aromatic carbocycles. The second-order valence-corrected chi connectivity index (χ2v) is 9.86. The second kappa shape index (κ2) is 14.1. The largest absolute Gasteiger partial charge is 0.484 e. The highest BCUT2D eigenvalue weighted by atomic mass is 127. The number of nitrogens with one attached hydrogen (secondary N) is 1. The van der Waals surface area contributed by atoms with E-state index in [9.17, 15) is 9.59 Å². The zero-order chi connectivity index (χ0) is 25.0. The average molecular weight is 605 g/mol. The Bertz CT molecular complexity index is 1090. The maximum atomic E-state index is 13.5. The molecule has 0 bridgehead atoms. The summed E-state index contributed by atoms with van der Waals surface area (Å²) < 4.78 is 6.87. The Balaban J connectivity index is 1.88.